The van der Waals surface area contributed by atoms with Gasteiger partial charge in [-0.05, 0) is 53.1 Å². The fourth-order valence-electron chi connectivity index (χ4n) is 1.99. The van der Waals surface area contributed by atoms with Gasteiger partial charge < -0.3 is 0 Å². The quantitative estimate of drug-likeness (QED) is 0.507. The molecule has 0 aromatic carbocycles. The van der Waals surface area contributed by atoms with Crippen molar-refractivity contribution in [1.29, 1.82) is 0 Å². The maximum atomic E-state index is 5.66. The highest BCUT2D eigenvalue weighted by molar-refractivity contribution is 9.10. The molecule has 1 unspecified atom stereocenters. The Balaban J connectivity index is 2.24. The maximum absolute atomic E-state index is 5.66. The first-order chi connectivity index (χ1) is 7.33. The van der Waals surface area contributed by atoms with Crippen LogP contribution in [0, 0.1) is 0 Å². The zero-order valence-corrected chi connectivity index (χ0v) is 10.9. The first-order valence-electron chi connectivity index (χ1n) is 5.21. The van der Waals surface area contributed by atoms with Crippen LogP contribution in [0.5, 0.6) is 0 Å². The highest BCUT2D eigenvalue weighted by Crippen LogP contribution is 2.36. The van der Waals surface area contributed by atoms with Crippen LogP contribution in [0.15, 0.2) is 27.6 Å². The molecule has 1 aromatic rings. The molecule has 0 aliphatic heterocycles. The summed E-state index contributed by atoms with van der Waals surface area (Å²) in [5.41, 5.74) is 4.36. The molecule has 1 aliphatic carbocycles. The third kappa shape index (κ3) is 2.50. The maximum Gasteiger partial charge on any atom is 0.0773 e. The number of nitrogens with one attached hydrogen (secondary N) is 1. The third-order valence-corrected chi connectivity index (χ3v) is 4.71. The van der Waals surface area contributed by atoms with Crippen LogP contribution in [0.3, 0.4) is 0 Å². The Morgan fingerprint density at radius 2 is 2.33 bits per heavy atom. The monoisotopic (exact) mass is 286 g/mol. The first kappa shape index (κ1) is 11.3. The van der Waals surface area contributed by atoms with Crippen LogP contribution in [-0.4, -0.2) is 0 Å². The van der Waals surface area contributed by atoms with Crippen LogP contribution in [0.4, 0.5) is 0 Å². The molecule has 0 spiro atoms. The molecule has 0 saturated heterocycles. The highest BCUT2D eigenvalue weighted by Gasteiger charge is 2.19. The van der Waals surface area contributed by atoms with Crippen LogP contribution >= 0.6 is 27.3 Å². The molecule has 1 aromatic heterocycles. The van der Waals surface area contributed by atoms with E-state index in [4.69, 9.17) is 5.84 Å². The summed E-state index contributed by atoms with van der Waals surface area (Å²) in [5.74, 6) is 5.66. The Kier molecular flexibility index (Phi) is 3.97. The van der Waals surface area contributed by atoms with E-state index in [0.29, 0.717) is 0 Å². The second-order valence-corrected chi connectivity index (χ2v) is 5.56. The summed E-state index contributed by atoms with van der Waals surface area (Å²) in [5, 5.41) is 2.09. The van der Waals surface area contributed by atoms with Crippen molar-refractivity contribution in [2.45, 2.75) is 31.7 Å². The molecule has 0 bridgehead atoms. The van der Waals surface area contributed by atoms with Gasteiger partial charge >= 0.3 is 0 Å². The van der Waals surface area contributed by atoms with Crippen molar-refractivity contribution in [1.82, 2.24) is 5.43 Å². The van der Waals surface area contributed by atoms with Gasteiger partial charge in [-0.1, -0.05) is 11.6 Å². The van der Waals surface area contributed by atoms with Gasteiger partial charge in [-0.25, -0.2) is 5.43 Å². The molecule has 2 rings (SSSR count). The molecular weight excluding hydrogens is 272 g/mol. The summed E-state index contributed by atoms with van der Waals surface area (Å²) in [4.78, 5) is 1.28. The van der Waals surface area contributed by atoms with Crippen molar-refractivity contribution < 1.29 is 0 Å². The van der Waals surface area contributed by atoms with Crippen molar-refractivity contribution in [3.63, 3.8) is 0 Å². The van der Waals surface area contributed by atoms with E-state index in [1.54, 1.807) is 11.3 Å². The Hall–Kier alpha value is -0.160. The molecule has 0 radical (unpaired) electrons. The molecule has 1 heterocycles. The molecular formula is C11H15BrN2S. The third-order valence-electron chi connectivity index (χ3n) is 2.77. The molecule has 0 amide bonds. The van der Waals surface area contributed by atoms with Gasteiger partial charge in [-0.3, -0.25) is 5.84 Å². The van der Waals surface area contributed by atoms with Crippen LogP contribution in [-0.2, 0) is 0 Å². The number of thiophene rings is 1. The lowest BCUT2D eigenvalue weighted by Gasteiger charge is -2.22. The van der Waals surface area contributed by atoms with Crippen LogP contribution in [0.25, 0.3) is 0 Å². The smallest absolute Gasteiger partial charge is 0.0773 e. The Morgan fingerprint density at radius 1 is 1.47 bits per heavy atom. The van der Waals surface area contributed by atoms with Gasteiger partial charge in [0.05, 0.1) is 6.04 Å². The molecule has 1 aliphatic rings. The minimum atomic E-state index is 0.194. The largest absolute Gasteiger partial charge is 0.271 e. The SMILES string of the molecule is NNC(C1=CCCCC1)c1sccc1Br. The molecule has 2 nitrogen and oxygen atoms in total. The van der Waals surface area contributed by atoms with Gasteiger partial charge in [0.1, 0.15) is 0 Å². The van der Waals surface area contributed by atoms with E-state index in [2.05, 4.69) is 38.9 Å². The average molecular weight is 287 g/mol. The number of halogens is 1. The second-order valence-electron chi connectivity index (χ2n) is 3.76. The van der Waals surface area contributed by atoms with E-state index in [0.717, 1.165) is 4.47 Å². The summed E-state index contributed by atoms with van der Waals surface area (Å²) in [7, 11) is 0. The fraction of sp³-hybridized carbons (Fsp3) is 0.455. The van der Waals surface area contributed by atoms with E-state index >= 15 is 0 Å². The van der Waals surface area contributed by atoms with Gasteiger partial charge in [0.2, 0.25) is 0 Å². The van der Waals surface area contributed by atoms with Gasteiger partial charge in [-0.2, -0.15) is 0 Å². The van der Waals surface area contributed by atoms with Gasteiger partial charge in [0, 0.05) is 9.35 Å². The zero-order valence-electron chi connectivity index (χ0n) is 8.50. The van der Waals surface area contributed by atoms with E-state index < -0.39 is 0 Å². The number of allylic oxidation sites excluding steroid dienone is 1. The zero-order chi connectivity index (χ0) is 10.7. The summed E-state index contributed by atoms with van der Waals surface area (Å²) < 4.78 is 1.15. The lowest BCUT2D eigenvalue weighted by molar-refractivity contribution is 0.571. The predicted molar refractivity (Wildman–Crippen MR) is 68.6 cm³/mol. The van der Waals surface area contributed by atoms with Crippen LogP contribution in [0.1, 0.15) is 36.6 Å². The minimum absolute atomic E-state index is 0.194. The van der Waals surface area contributed by atoms with E-state index in [9.17, 15) is 0 Å². The molecule has 4 heteroatoms. The minimum Gasteiger partial charge on any atom is -0.271 e. The Bertz CT molecular complexity index is 359. The molecule has 82 valence electrons. The lowest BCUT2D eigenvalue weighted by atomic mass is 9.93. The standard InChI is InChI=1S/C11H15BrN2S/c12-9-6-7-15-11(9)10(14-13)8-4-2-1-3-5-8/h4,6-7,10,14H,1-3,5,13H2. The first-order valence-corrected chi connectivity index (χ1v) is 6.88. The van der Waals surface area contributed by atoms with E-state index in [1.807, 2.05) is 0 Å². The summed E-state index contributed by atoms with van der Waals surface area (Å²) >= 11 is 5.31. The van der Waals surface area contributed by atoms with E-state index in [1.165, 1.54) is 36.1 Å². The van der Waals surface area contributed by atoms with Gasteiger partial charge in [0.25, 0.3) is 0 Å². The molecule has 3 N–H and O–H groups in total. The molecule has 0 saturated carbocycles. The molecule has 15 heavy (non-hydrogen) atoms. The number of hydrogen-bond acceptors (Lipinski definition) is 3. The van der Waals surface area contributed by atoms with Crippen molar-refractivity contribution in [3.8, 4) is 0 Å². The normalized spacial score (nSPS) is 18.7. The highest BCUT2D eigenvalue weighted by atomic mass is 79.9. The average Bonchev–Trinajstić information content (AvgIpc) is 2.68. The van der Waals surface area contributed by atoms with Gasteiger partial charge in [-0.15, -0.1) is 11.3 Å². The second kappa shape index (κ2) is 5.25. The van der Waals surface area contributed by atoms with Crippen molar-refractivity contribution in [2.24, 2.45) is 5.84 Å². The Morgan fingerprint density at radius 3 is 2.87 bits per heavy atom. The van der Waals surface area contributed by atoms with Crippen molar-refractivity contribution in [3.05, 3.63) is 32.4 Å². The van der Waals surface area contributed by atoms with E-state index in [-0.39, 0.29) is 6.04 Å². The summed E-state index contributed by atoms with van der Waals surface area (Å²) in [6, 6.07) is 2.27. The number of hydrazine groups is 1. The lowest BCUT2D eigenvalue weighted by Crippen LogP contribution is -2.29. The van der Waals surface area contributed by atoms with Crippen molar-refractivity contribution in [2.75, 3.05) is 0 Å². The van der Waals surface area contributed by atoms with Crippen molar-refractivity contribution >= 4 is 27.3 Å². The topological polar surface area (TPSA) is 38.0 Å². The number of hydrogen-bond donors (Lipinski definition) is 2. The summed E-state index contributed by atoms with van der Waals surface area (Å²) in [6.07, 6.45) is 7.29. The van der Waals surface area contributed by atoms with Gasteiger partial charge in [0.15, 0.2) is 0 Å². The van der Waals surface area contributed by atoms with Crippen LogP contribution < -0.4 is 11.3 Å². The number of nitrogens with two attached hydrogens (primary N) is 1. The predicted octanol–water partition coefficient (Wildman–Crippen LogP) is 3.52. The number of rotatable bonds is 3. The van der Waals surface area contributed by atoms with Crippen LogP contribution in [0.2, 0.25) is 0 Å². The Labute approximate surface area is 103 Å². The molecule has 0 fully saturated rings. The molecule has 1 atom stereocenters. The fourth-order valence-corrected chi connectivity index (χ4v) is 3.69. The summed E-state index contributed by atoms with van der Waals surface area (Å²) in [6.45, 7) is 0.